The number of hydrogen-bond acceptors (Lipinski definition) is 4. The van der Waals surface area contributed by atoms with Crippen LogP contribution in [0, 0.1) is 0 Å². The van der Waals surface area contributed by atoms with E-state index in [2.05, 4.69) is 10.0 Å². The Kier molecular flexibility index (Phi) is 6.22. The first kappa shape index (κ1) is 16.4. The van der Waals surface area contributed by atoms with Gasteiger partial charge in [-0.25, -0.2) is 13.1 Å². The van der Waals surface area contributed by atoms with Crippen molar-refractivity contribution in [1.29, 1.82) is 0 Å². The third-order valence-corrected chi connectivity index (χ3v) is 4.94. The molecule has 1 aliphatic rings. The Labute approximate surface area is 115 Å². The first-order valence-electron chi connectivity index (χ1n) is 6.84. The first-order valence-corrected chi connectivity index (χ1v) is 8.49. The van der Waals surface area contributed by atoms with Gasteiger partial charge in [-0.3, -0.25) is 4.79 Å². The molecule has 0 aromatic carbocycles. The third kappa shape index (κ3) is 5.46. The lowest BCUT2D eigenvalue weighted by Crippen LogP contribution is -2.52. The molecule has 112 valence electrons. The summed E-state index contributed by atoms with van der Waals surface area (Å²) in [6.07, 6.45) is 3.33. The summed E-state index contributed by atoms with van der Waals surface area (Å²) in [5.74, 6) is -0.373. The van der Waals surface area contributed by atoms with Gasteiger partial charge in [-0.05, 0) is 26.2 Å². The van der Waals surface area contributed by atoms with E-state index in [1.54, 1.807) is 6.92 Å². The number of sulfonamides is 1. The Morgan fingerprint density at radius 2 is 2.00 bits per heavy atom. The number of aliphatic hydroxyl groups is 1. The summed E-state index contributed by atoms with van der Waals surface area (Å²) < 4.78 is 25.5. The average Bonchev–Trinajstić information content (AvgIpc) is 2.31. The van der Waals surface area contributed by atoms with Gasteiger partial charge in [0.15, 0.2) is 0 Å². The predicted molar refractivity (Wildman–Crippen MR) is 73.1 cm³/mol. The van der Waals surface area contributed by atoms with Crippen LogP contribution in [0.25, 0.3) is 0 Å². The van der Waals surface area contributed by atoms with E-state index in [1.165, 1.54) is 6.92 Å². The maximum atomic E-state index is 11.9. The van der Waals surface area contributed by atoms with Crippen molar-refractivity contribution in [3.8, 4) is 0 Å². The molecule has 7 heteroatoms. The van der Waals surface area contributed by atoms with Crippen molar-refractivity contribution in [2.24, 2.45) is 0 Å². The molecule has 3 N–H and O–H groups in total. The second-order valence-electron chi connectivity index (χ2n) is 5.13. The van der Waals surface area contributed by atoms with Gasteiger partial charge in [-0.15, -0.1) is 0 Å². The molecule has 1 amide bonds. The van der Waals surface area contributed by atoms with Crippen LogP contribution in [0.3, 0.4) is 0 Å². The second-order valence-corrected chi connectivity index (χ2v) is 7.00. The Morgan fingerprint density at radius 3 is 2.58 bits per heavy atom. The molecule has 3 atom stereocenters. The van der Waals surface area contributed by atoms with Crippen molar-refractivity contribution in [2.45, 2.75) is 64.1 Å². The molecule has 0 bridgehead atoms. The van der Waals surface area contributed by atoms with E-state index in [1.807, 2.05) is 0 Å². The Morgan fingerprint density at radius 1 is 1.37 bits per heavy atom. The SMILES string of the molecule is CCCS(=O)(=O)NC(C)C(=O)N[C@H]1CCCC[C@@H]1O. The van der Waals surface area contributed by atoms with Crippen molar-refractivity contribution in [1.82, 2.24) is 10.0 Å². The van der Waals surface area contributed by atoms with Crippen molar-refractivity contribution >= 4 is 15.9 Å². The highest BCUT2D eigenvalue weighted by Crippen LogP contribution is 2.18. The number of carbonyl (C=O) groups is 1. The van der Waals surface area contributed by atoms with Gasteiger partial charge in [-0.2, -0.15) is 0 Å². The monoisotopic (exact) mass is 292 g/mol. The van der Waals surface area contributed by atoms with Crippen molar-refractivity contribution in [3.63, 3.8) is 0 Å². The molecule has 0 aliphatic heterocycles. The molecule has 1 saturated carbocycles. The van der Waals surface area contributed by atoms with Gasteiger partial charge in [0.05, 0.1) is 23.9 Å². The van der Waals surface area contributed by atoms with Crippen LogP contribution >= 0.6 is 0 Å². The molecule has 1 fully saturated rings. The van der Waals surface area contributed by atoms with Crippen LogP contribution in [0.15, 0.2) is 0 Å². The Hall–Kier alpha value is -0.660. The quantitative estimate of drug-likeness (QED) is 0.648. The summed E-state index contributed by atoms with van der Waals surface area (Å²) in [6.45, 7) is 3.28. The largest absolute Gasteiger partial charge is 0.391 e. The summed E-state index contributed by atoms with van der Waals surface area (Å²) in [7, 11) is -3.40. The van der Waals surface area contributed by atoms with Crippen LogP contribution < -0.4 is 10.0 Å². The lowest BCUT2D eigenvalue weighted by atomic mass is 9.92. The fourth-order valence-electron chi connectivity index (χ4n) is 2.24. The van der Waals surface area contributed by atoms with E-state index in [-0.39, 0.29) is 17.7 Å². The summed E-state index contributed by atoms with van der Waals surface area (Å²) in [6, 6.07) is -1.08. The lowest BCUT2D eigenvalue weighted by Gasteiger charge is -2.29. The minimum absolute atomic E-state index is 0.0106. The van der Waals surface area contributed by atoms with Crippen LogP contribution in [0.4, 0.5) is 0 Å². The lowest BCUT2D eigenvalue weighted by molar-refractivity contribution is -0.124. The summed E-state index contributed by atoms with van der Waals surface area (Å²) in [5, 5.41) is 12.5. The molecular weight excluding hydrogens is 268 g/mol. The average molecular weight is 292 g/mol. The highest BCUT2D eigenvalue weighted by atomic mass is 32.2. The third-order valence-electron chi connectivity index (χ3n) is 3.28. The summed E-state index contributed by atoms with van der Waals surface area (Å²) >= 11 is 0. The zero-order valence-corrected chi connectivity index (χ0v) is 12.4. The van der Waals surface area contributed by atoms with Gasteiger partial charge in [0.1, 0.15) is 0 Å². The van der Waals surface area contributed by atoms with E-state index < -0.39 is 22.2 Å². The molecule has 6 nitrogen and oxygen atoms in total. The minimum Gasteiger partial charge on any atom is -0.391 e. The van der Waals surface area contributed by atoms with Gasteiger partial charge >= 0.3 is 0 Å². The normalized spacial score (nSPS) is 25.8. The molecule has 1 aliphatic carbocycles. The Bertz CT molecular complexity index is 397. The molecule has 0 heterocycles. The molecule has 0 aromatic rings. The van der Waals surface area contributed by atoms with Gasteiger partial charge in [0, 0.05) is 0 Å². The molecule has 0 spiro atoms. The predicted octanol–water partition coefficient (Wildman–Crippen LogP) is 0.124. The van der Waals surface area contributed by atoms with Crippen molar-refractivity contribution < 1.29 is 18.3 Å². The van der Waals surface area contributed by atoms with Crippen LogP contribution in [0.5, 0.6) is 0 Å². The zero-order chi connectivity index (χ0) is 14.5. The number of hydrogen-bond donors (Lipinski definition) is 3. The zero-order valence-electron chi connectivity index (χ0n) is 11.6. The van der Waals surface area contributed by atoms with E-state index in [0.717, 1.165) is 19.3 Å². The van der Waals surface area contributed by atoms with E-state index in [0.29, 0.717) is 12.8 Å². The summed E-state index contributed by atoms with van der Waals surface area (Å²) in [5.41, 5.74) is 0. The number of nitrogens with one attached hydrogen (secondary N) is 2. The standard InChI is InChI=1S/C12H24N2O4S/c1-3-8-19(17,18)14-9(2)12(16)13-10-6-4-5-7-11(10)15/h9-11,14-15H,3-8H2,1-2H3,(H,13,16)/t9?,10-,11-/m0/s1. The first-order chi connectivity index (χ1) is 8.85. The van der Waals surface area contributed by atoms with Crippen LogP contribution in [0.2, 0.25) is 0 Å². The summed E-state index contributed by atoms with van der Waals surface area (Å²) in [4.78, 5) is 11.9. The fourth-order valence-corrected chi connectivity index (χ4v) is 3.54. The van der Waals surface area contributed by atoms with E-state index in [9.17, 15) is 18.3 Å². The molecule has 0 radical (unpaired) electrons. The number of aliphatic hydroxyl groups excluding tert-OH is 1. The number of carbonyl (C=O) groups excluding carboxylic acids is 1. The van der Waals surface area contributed by atoms with Crippen molar-refractivity contribution in [3.05, 3.63) is 0 Å². The highest BCUT2D eigenvalue weighted by Gasteiger charge is 2.27. The topological polar surface area (TPSA) is 95.5 Å². The van der Waals surface area contributed by atoms with Crippen LogP contribution in [-0.2, 0) is 14.8 Å². The van der Waals surface area contributed by atoms with Gasteiger partial charge in [-0.1, -0.05) is 19.8 Å². The Balaban J connectivity index is 2.48. The molecule has 1 unspecified atom stereocenters. The number of rotatable bonds is 6. The fraction of sp³-hybridized carbons (Fsp3) is 0.917. The van der Waals surface area contributed by atoms with Crippen LogP contribution in [0.1, 0.15) is 46.0 Å². The van der Waals surface area contributed by atoms with Gasteiger partial charge in [0.25, 0.3) is 0 Å². The second kappa shape index (κ2) is 7.21. The number of amides is 1. The molecule has 1 rings (SSSR count). The van der Waals surface area contributed by atoms with E-state index >= 15 is 0 Å². The van der Waals surface area contributed by atoms with Crippen molar-refractivity contribution in [2.75, 3.05) is 5.75 Å². The highest BCUT2D eigenvalue weighted by molar-refractivity contribution is 7.89. The molecule has 0 saturated heterocycles. The smallest absolute Gasteiger partial charge is 0.238 e. The molecule has 19 heavy (non-hydrogen) atoms. The van der Waals surface area contributed by atoms with Gasteiger partial charge < -0.3 is 10.4 Å². The maximum absolute atomic E-state index is 11.9. The van der Waals surface area contributed by atoms with Crippen LogP contribution in [-0.4, -0.2) is 43.4 Å². The maximum Gasteiger partial charge on any atom is 0.238 e. The van der Waals surface area contributed by atoms with E-state index in [4.69, 9.17) is 0 Å². The molecular formula is C12H24N2O4S. The van der Waals surface area contributed by atoms with Gasteiger partial charge in [0.2, 0.25) is 15.9 Å². The minimum atomic E-state index is -3.40. The molecule has 0 aromatic heterocycles.